The third-order valence-electron chi connectivity index (χ3n) is 5.13. The number of fused-ring (bicyclic) bond motifs is 1. The van der Waals surface area contributed by atoms with Crippen molar-refractivity contribution in [2.24, 2.45) is 5.73 Å². The second-order valence-electron chi connectivity index (χ2n) is 7.73. The Morgan fingerprint density at radius 1 is 1.21 bits per heavy atom. The molecule has 0 saturated heterocycles. The molecule has 1 amide bonds. The third kappa shape index (κ3) is 4.38. The number of carbonyl (C=O) groups is 1. The van der Waals surface area contributed by atoms with Gasteiger partial charge in [-0.1, -0.05) is 26.0 Å². The predicted octanol–water partition coefficient (Wildman–Crippen LogP) is 4.02. The van der Waals surface area contributed by atoms with E-state index in [0.717, 1.165) is 22.1 Å². The first-order valence-electron chi connectivity index (χ1n) is 9.49. The average molecular weight is 396 g/mol. The van der Waals surface area contributed by atoms with Crippen LogP contribution in [0.5, 0.6) is 0 Å². The molecular formula is C23H25FN2O3. The fraction of sp³-hybridized carbons (Fsp3) is 0.304. The summed E-state index contributed by atoms with van der Waals surface area (Å²) < 4.78 is 19.1. The van der Waals surface area contributed by atoms with Gasteiger partial charge in [-0.25, -0.2) is 9.18 Å². The summed E-state index contributed by atoms with van der Waals surface area (Å²) in [6.45, 7) is 6.46. The molecule has 0 bridgehead atoms. The standard InChI is InChI=1S/C23H25FN2O3/c1-13(2)18-11-19-16(10-21(27)29-20(19)8-14(18)3)12-26(4)22(23(25)28)15-6-5-7-17(24)9-15/h5-11,13,22H,12H2,1-4H3,(H2,25,28). The van der Waals surface area contributed by atoms with Crippen molar-refractivity contribution < 1.29 is 13.6 Å². The van der Waals surface area contributed by atoms with Crippen LogP contribution in [0.1, 0.15) is 48.1 Å². The van der Waals surface area contributed by atoms with Crippen LogP contribution in [0, 0.1) is 12.7 Å². The number of nitrogens with two attached hydrogens (primary N) is 1. The van der Waals surface area contributed by atoms with Crippen molar-refractivity contribution in [2.45, 2.75) is 39.3 Å². The molecule has 0 aliphatic rings. The molecule has 5 nitrogen and oxygen atoms in total. The number of rotatable bonds is 6. The zero-order chi connectivity index (χ0) is 21.3. The average Bonchev–Trinajstić information content (AvgIpc) is 2.60. The van der Waals surface area contributed by atoms with Gasteiger partial charge in [0.15, 0.2) is 0 Å². The van der Waals surface area contributed by atoms with Crippen LogP contribution in [0.25, 0.3) is 11.0 Å². The van der Waals surface area contributed by atoms with E-state index in [0.29, 0.717) is 17.1 Å². The molecule has 6 heteroatoms. The maximum Gasteiger partial charge on any atom is 0.336 e. The molecule has 2 N–H and O–H groups in total. The van der Waals surface area contributed by atoms with E-state index in [1.165, 1.54) is 18.2 Å². The van der Waals surface area contributed by atoms with Crippen molar-refractivity contribution in [3.8, 4) is 0 Å². The predicted molar refractivity (Wildman–Crippen MR) is 111 cm³/mol. The number of amides is 1. The molecule has 0 aliphatic heterocycles. The number of halogens is 1. The first-order valence-corrected chi connectivity index (χ1v) is 9.49. The minimum absolute atomic E-state index is 0.271. The van der Waals surface area contributed by atoms with Gasteiger partial charge in [0.2, 0.25) is 5.91 Å². The highest BCUT2D eigenvalue weighted by molar-refractivity contribution is 5.83. The fourth-order valence-electron chi connectivity index (χ4n) is 3.82. The number of likely N-dealkylation sites (N-methyl/N-ethyl adjacent to an activating group) is 1. The second-order valence-corrected chi connectivity index (χ2v) is 7.73. The van der Waals surface area contributed by atoms with Crippen LogP contribution in [0.3, 0.4) is 0 Å². The summed E-state index contributed by atoms with van der Waals surface area (Å²) in [7, 11) is 1.72. The van der Waals surface area contributed by atoms with Gasteiger partial charge in [-0.15, -0.1) is 0 Å². The van der Waals surface area contributed by atoms with Crippen LogP contribution in [-0.2, 0) is 11.3 Å². The van der Waals surface area contributed by atoms with Gasteiger partial charge in [-0.2, -0.15) is 0 Å². The molecule has 152 valence electrons. The lowest BCUT2D eigenvalue weighted by Gasteiger charge is -2.26. The van der Waals surface area contributed by atoms with E-state index in [4.69, 9.17) is 10.2 Å². The Hall–Kier alpha value is -2.99. The van der Waals surface area contributed by atoms with Gasteiger partial charge in [0.25, 0.3) is 0 Å². The monoisotopic (exact) mass is 396 g/mol. The number of carbonyl (C=O) groups excluding carboxylic acids is 1. The van der Waals surface area contributed by atoms with Crippen LogP contribution < -0.4 is 11.4 Å². The van der Waals surface area contributed by atoms with Gasteiger partial charge < -0.3 is 10.2 Å². The lowest BCUT2D eigenvalue weighted by atomic mass is 9.94. The van der Waals surface area contributed by atoms with Crippen molar-refractivity contribution in [2.75, 3.05) is 7.05 Å². The summed E-state index contributed by atoms with van der Waals surface area (Å²) in [5, 5.41) is 0.813. The maximum atomic E-state index is 13.7. The van der Waals surface area contributed by atoms with Gasteiger partial charge in [0.1, 0.15) is 17.4 Å². The molecule has 3 aromatic rings. The number of aryl methyl sites for hydroxylation is 1. The summed E-state index contributed by atoms with van der Waals surface area (Å²) in [4.78, 5) is 26.0. The molecule has 0 saturated carbocycles. The lowest BCUT2D eigenvalue weighted by Crippen LogP contribution is -2.35. The first-order chi connectivity index (χ1) is 13.7. The number of benzene rings is 2. The Bertz CT molecular complexity index is 1120. The molecule has 0 radical (unpaired) electrons. The summed E-state index contributed by atoms with van der Waals surface area (Å²) in [5.41, 5.74) is 9.06. The number of primary amides is 1. The van der Waals surface area contributed by atoms with E-state index in [2.05, 4.69) is 13.8 Å². The molecule has 0 aliphatic carbocycles. The first kappa shape index (κ1) is 20.7. The summed E-state index contributed by atoms with van der Waals surface area (Å²) >= 11 is 0. The highest BCUT2D eigenvalue weighted by atomic mass is 19.1. The Morgan fingerprint density at radius 3 is 2.55 bits per heavy atom. The SMILES string of the molecule is Cc1cc2oc(=O)cc(CN(C)C(C(N)=O)c3cccc(F)c3)c2cc1C(C)C. The van der Waals surface area contributed by atoms with Crippen LogP contribution in [0.15, 0.2) is 51.7 Å². The van der Waals surface area contributed by atoms with Crippen molar-refractivity contribution in [1.29, 1.82) is 0 Å². The van der Waals surface area contributed by atoms with E-state index >= 15 is 0 Å². The Labute approximate surface area is 168 Å². The maximum absolute atomic E-state index is 13.7. The van der Waals surface area contributed by atoms with Gasteiger partial charge in [0, 0.05) is 18.0 Å². The molecule has 2 aromatic carbocycles. The Balaban J connectivity index is 2.06. The van der Waals surface area contributed by atoms with Gasteiger partial charge >= 0.3 is 5.63 Å². The molecule has 1 atom stereocenters. The van der Waals surface area contributed by atoms with Crippen LogP contribution in [-0.4, -0.2) is 17.9 Å². The van der Waals surface area contributed by atoms with E-state index in [1.807, 2.05) is 19.1 Å². The largest absolute Gasteiger partial charge is 0.423 e. The van der Waals surface area contributed by atoms with Crippen LogP contribution in [0.4, 0.5) is 4.39 Å². The lowest BCUT2D eigenvalue weighted by molar-refractivity contribution is -0.123. The number of nitrogens with zero attached hydrogens (tertiary/aromatic N) is 1. The molecule has 1 heterocycles. The van der Waals surface area contributed by atoms with Gasteiger partial charge in [-0.3, -0.25) is 9.69 Å². The smallest absolute Gasteiger partial charge is 0.336 e. The van der Waals surface area contributed by atoms with Crippen LogP contribution >= 0.6 is 0 Å². The molecular weight excluding hydrogens is 371 g/mol. The molecule has 0 fully saturated rings. The molecule has 0 spiro atoms. The van der Waals surface area contributed by atoms with Crippen LogP contribution in [0.2, 0.25) is 0 Å². The third-order valence-corrected chi connectivity index (χ3v) is 5.13. The highest BCUT2D eigenvalue weighted by Crippen LogP contribution is 2.29. The molecule has 3 rings (SSSR count). The van der Waals surface area contributed by atoms with Gasteiger partial charge in [0.05, 0.1) is 0 Å². The van der Waals surface area contributed by atoms with Crippen molar-refractivity contribution in [3.05, 3.63) is 81.0 Å². The van der Waals surface area contributed by atoms with E-state index in [1.54, 1.807) is 24.1 Å². The number of hydrogen-bond donors (Lipinski definition) is 1. The molecule has 29 heavy (non-hydrogen) atoms. The van der Waals surface area contributed by atoms with Gasteiger partial charge in [-0.05, 0) is 66.4 Å². The second kappa shape index (κ2) is 8.17. The zero-order valence-corrected chi connectivity index (χ0v) is 17.0. The van der Waals surface area contributed by atoms with E-state index < -0.39 is 23.4 Å². The molecule has 1 unspecified atom stereocenters. The quantitative estimate of drug-likeness (QED) is 0.639. The summed E-state index contributed by atoms with van der Waals surface area (Å²) in [6.07, 6.45) is 0. The fourth-order valence-corrected chi connectivity index (χ4v) is 3.82. The minimum Gasteiger partial charge on any atom is -0.423 e. The van der Waals surface area contributed by atoms with Crippen molar-refractivity contribution in [3.63, 3.8) is 0 Å². The normalized spacial score (nSPS) is 12.7. The van der Waals surface area contributed by atoms with E-state index in [9.17, 15) is 14.0 Å². The molecule has 1 aromatic heterocycles. The van der Waals surface area contributed by atoms with Crippen molar-refractivity contribution >= 4 is 16.9 Å². The van der Waals surface area contributed by atoms with E-state index in [-0.39, 0.29) is 6.54 Å². The Morgan fingerprint density at radius 2 is 1.93 bits per heavy atom. The Kier molecular flexibility index (Phi) is 5.84. The topological polar surface area (TPSA) is 76.5 Å². The minimum atomic E-state index is -0.831. The summed E-state index contributed by atoms with van der Waals surface area (Å²) in [6, 6.07) is 10.3. The number of hydrogen-bond acceptors (Lipinski definition) is 4. The summed E-state index contributed by atoms with van der Waals surface area (Å²) in [5.74, 6) is -0.725. The van der Waals surface area contributed by atoms with Crippen molar-refractivity contribution in [1.82, 2.24) is 4.90 Å². The zero-order valence-electron chi connectivity index (χ0n) is 17.0. The highest BCUT2D eigenvalue weighted by Gasteiger charge is 2.24.